The maximum Gasteiger partial charge on any atom is 0.252 e. The molecule has 0 bridgehead atoms. The number of nitrogens with zero attached hydrogens (tertiary/aromatic N) is 2. The maximum atomic E-state index is 6.52. The van der Waals surface area contributed by atoms with Gasteiger partial charge in [0.05, 0.1) is 0 Å². The van der Waals surface area contributed by atoms with Crippen LogP contribution in [0.4, 0.5) is 34.1 Å². The van der Waals surface area contributed by atoms with Crippen LogP contribution >= 0.6 is 0 Å². The number of hydrogen-bond acceptors (Lipinski definition) is 4. The summed E-state index contributed by atoms with van der Waals surface area (Å²) in [5, 5.41) is 4.55. The van der Waals surface area contributed by atoms with Gasteiger partial charge >= 0.3 is 0 Å². The topological polar surface area (TPSA) is 32.8 Å². The zero-order valence-electron chi connectivity index (χ0n) is 39.6. The summed E-state index contributed by atoms with van der Waals surface area (Å²) >= 11 is 0. The molecule has 0 atom stereocenters. The van der Waals surface area contributed by atoms with Crippen molar-refractivity contribution in [2.24, 2.45) is 0 Å². The SMILES string of the molecule is Cc1cc2c3c(c1)N(c1ccc(-c4cccc5c4oc4ccccc45)cc1)c1cc(C(C)(C)C)ccc1B3c1ccc(C(C)(C)C)cc1N2c1ccc(-c2cccc3c2oc2ccccc23)cc1. The van der Waals surface area contributed by atoms with Gasteiger partial charge in [-0.2, -0.15) is 0 Å². The van der Waals surface area contributed by atoms with Gasteiger partial charge < -0.3 is 18.6 Å². The van der Waals surface area contributed by atoms with E-state index >= 15 is 0 Å². The van der Waals surface area contributed by atoms with Gasteiger partial charge in [0.2, 0.25) is 0 Å². The summed E-state index contributed by atoms with van der Waals surface area (Å²) in [7, 11) is 0. The molecule has 0 radical (unpaired) electrons. The van der Waals surface area contributed by atoms with E-state index in [1.165, 1.54) is 55.8 Å². The van der Waals surface area contributed by atoms with Crippen molar-refractivity contribution in [3.63, 3.8) is 0 Å². The largest absolute Gasteiger partial charge is 0.455 e. The van der Waals surface area contributed by atoms with E-state index in [1.807, 2.05) is 12.1 Å². The first-order valence-electron chi connectivity index (χ1n) is 23.9. The second-order valence-corrected chi connectivity index (χ2v) is 21.0. The quantitative estimate of drug-likeness (QED) is 0.165. The first kappa shape index (κ1) is 40.5. The molecule has 0 amide bonds. The highest BCUT2D eigenvalue weighted by molar-refractivity contribution is 7.00. The third-order valence-electron chi connectivity index (χ3n) is 14.6. The third-order valence-corrected chi connectivity index (χ3v) is 14.6. The standard InChI is InChI=1S/C63H51BN2O2/c1-38-34-55-59-56(35-38)66(44-30-24-40(25-31-44)46-17-13-19-50-48-15-9-11-21-58(48)68-61(46)50)54-37-42(63(5,6)7)27-33-52(54)64(59)51-32-26-41(62(2,3)4)36-53(51)65(55)43-28-22-39(23-29-43)45-16-12-18-49-47-14-8-10-20-57(47)67-60(45)49/h8-37H,1-7H3. The molecule has 9 aromatic carbocycles. The minimum absolute atomic E-state index is 0.0241. The van der Waals surface area contributed by atoms with Crippen molar-refractivity contribution in [3.05, 3.63) is 199 Å². The number of benzene rings is 9. The van der Waals surface area contributed by atoms with Crippen LogP contribution in [0.15, 0.2) is 191 Å². The highest BCUT2D eigenvalue weighted by Crippen LogP contribution is 2.47. The van der Waals surface area contributed by atoms with E-state index in [2.05, 4.69) is 228 Å². The number of anilines is 6. The Morgan fingerprint density at radius 1 is 0.397 bits per heavy atom. The van der Waals surface area contributed by atoms with Crippen molar-refractivity contribution in [1.29, 1.82) is 0 Å². The summed E-state index contributed by atoms with van der Waals surface area (Å²) in [5.41, 5.74) is 22.9. The molecule has 0 fully saturated rings. The van der Waals surface area contributed by atoms with Crippen LogP contribution in [0.25, 0.3) is 66.1 Å². The Morgan fingerprint density at radius 2 is 0.809 bits per heavy atom. The molecule has 68 heavy (non-hydrogen) atoms. The van der Waals surface area contributed by atoms with Crippen molar-refractivity contribution in [1.82, 2.24) is 0 Å². The van der Waals surface area contributed by atoms with Crippen LogP contribution < -0.4 is 26.2 Å². The first-order valence-corrected chi connectivity index (χ1v) is 23.9. The van der Waals surface area contributed by atoms with Crippen molar-refractivity contribution in [2.45, 2.75) is 59.3 Å². The Labute approximate surface area is 398 Å². The highest BCUT2D eigenvalue weighted by atomic mass is 16.3. The zero-order chi connectivity index (χ0) is 46.2. The van der Waals surface area contributed by atoms with Crippen LogP contribution in [0.1, 0.15) is 58.2 Å². The Hall–Kier alpha value is -7.76. The molecule has 328 valence electrons. The summed E-state index contributed by atoms with van der Waals surface area (Å²) in [5.74, 6) is 0. The molecule has 11 aromatic rings. The molecule has 2 aliphatic heterocycles. The van der Waals surface area contributed by atoms with Gasteiger partial charge in [0.15, 0.2) is 0 Å². The van der Waals surface area contributed by atoms with Gasteiger partial charge in [-0.1, -0.05) is 163 Å². The van der Waals surface area contributed by atoms with Crippen molar-refractivity contribution in [3.8, 4) is 22.3 Å². The van der Waals surface area contributed by atoms with Gasteiger partial charge in [-0.15, -0.1) is 0 Å². The molecule has 4 heterocycles. The predicted octanol–water partition coefficient (Wildman–Crippen LogP) is 15.8. The van der Waals surface area contributed by atoms with Crippen LogP contribution in [0.2, 0.25) is 0 Å². The molecule has 0 aliphatic carbocycles. The molecule has 5 heteroatoms. The number of furan rings is 2. The molecule has 0 N–H and O–H groups in total. The lowest BCUT2D eigenvalue weighted by Gasteiger charge is -2.45. The number of aryl methyl sites for hydroxylation is 1. The fourth-order valence-corrected chi connectivity index (χ4v) is 11.1. The molecule has 2 aliphatic rings. The molecule has 4 nitrogen and oxygen atoms in total. The van der Waals surface area contributed by atoms with Crippen molar-refractivity contribution < 1.29 is 8.83 Å². The van der Waals surface area contributed by atoms with Crippen LogP contribution in [-0.2, 0) is 10.8 Å². The monoisotopic (exact) mass is 878 g/mol. The second-order valence-electron chi connectivity index (χ2n) is 21.0. The molecule has 0 unspecified atom stereocenters. The third kappa shape index (κ3) is 6.14. The Kier molecular flexibility index (Phi) is 8.71. The van der Waals surface area contributed by atoms with Gasteiger partial charge in [0.1, 0.15) is 22.3 Å². The first-order chi connectivity index (χ1) is 32.9. The van der Waals surface area contributed by atoms with Gasteiger partial charge in [0.25, 0.3) is 6.71 Å². The zero-order valence-corrected chi connectivity index (χ0v) is 39.6. The lowest BCUT2D eigenvalue weighted by atomic mass is 9.33. The average molecular weight is 879 g/mol. The predicted molar refractivity (Wildman–Crippen MR) is 288 cm³/mol. The van der Waals surface area contributed by atoms with Gasteiger partial charge in [0, 0.05) is 66.8 Å². The fraction of sp³-hybridized carbons (Fsp3) is 0.143. The normalized spacial score (nSPS) is 13.4. The van der Waals surface area contributed by atoms with E-state index in [-0.39, 0.29) is 17.5 Å². The van der Waals surface area contributed by atoms with E-state index in [0.29, 0.717) is 0 Å². The Morgan fingerprint density at radius 3 is 1.24 bits per heavy atom. The van der Waals surface area contributed by atoms with Gasteiger partial charge in [-0.3, -0.25) is 0 Å². The smallest absolute Gasteiger partial charge is 0.252 e. The van der Waals surface area contributed by atoms with Crippen molar-refractivity contribution in [2.75, 3.05) is 9.80 Å². The van der Waals surface area contributed by atoms with Gasteiger partial charge in [-0.05, 0) is 123 Å². The van der Waals surface area contributed by atoms with Gasteiger partial charge in [-0.25, -0.2) is 0 Å². The average Bonchev–Trinajstić information content (AvgIpc) is 3.92. The number of para-hydroxylation sites is 4. The molecule has 13 rings (SSSR count). The number of fused-ring (bicyclic) bond motifs is 10. The molecule has 0 saturated carbocycles. The summed E-state index contributed by atoms with van der Waals surface area (Å²) in [6, 6.07) is 67.2. The molecular weight excluding hydrogens is 828 g/mol. The van der Waals surface area contributed by atoms with E-state index in [4.69, 9.17) is 8.83 Å². The van der Waals surface area contributed by atoms with Crippen LogP contribution in [0.3, 0.4) is 0 Å². The van der Waals surface area contributed by atoms with E-state index in [1.54, 1.807) is 0 Å². The fourth-order valence-electron chi connectivity index (χ4n) is 11.1. The van der Waals surface area contributed by atoms with E-state index in [9.17, 15) is 0 Å². The van der Waals surface area contributed by atoms with Crippen LogP contribution in [0, 0.1) is 6.92 Å². The number of rotatable bonds is 4. The summed E-state index contributed by atoms with van der Waals surface area (Å²) in [4.78, 5) is 5.06. The summed E-state index contributed by atoms with van der Waals surface area (Å²) in [6.07, 6.45) is 0. The minimum Gasteiger partial charge on any atom is -0.455 e. The summed E-state index contributed by atoms with van der Waals surface area (Å²) < 4.78 is 13.0. The van der Waals surface area contributed by atoms with Crippen LogP contribution in [0.5, 0.6) is 0 Å². The Bertz CT molecular complexity index is 3590. The highest BCUT2D eigenvalue weighted by Gasteiger charge is 2.44. The molecule has 0 saturated heterocycles. The lowest BCUT2D eigenvalue weighted by molar-refractivity contribution is 0.590. The lowest BCUT2D eigenvalue weighted by Crippen LogP contribution is -2.61. The molecular formula is C63H51BN2O2. The molecule has 2 aromatic heterocycles. The second kappa shape index (κ2) is 14.6. The van der Waals surface area contributed by atoms with Crippen molar-refractivity contribution >= 4 is 101 Å². The molecule has 0 spiro atoms. The maximum absolute atomic E-state index is 6.52. The minimum atomic E-state index is -0.0428. The Balaban J connectivity index is 1.00. The summed E-state index contributed by atoms with van der Waals surface area (Å²) in [6.45, 7) is 16.2. The van der Waals surface area contributed by atoms with E-state index in [0.717, 1.165) is 77.5 Å². The van der Waals surface area contributed by atoms with Crippen LogP contribution in [-0.4, -0.2) is 6.71 Å². The van der Waals surface area contributed by atoms with E-state index < -0.39 is 0 Å². The number of hydrogen-bond donors (Lipinski definition) is 0.